The van der Waals surface area contributed by atoms with Gasteiger partial charge in [-0.1, -0.05) is 22.0 Å². The van der Waals surface area contributed by atoms with Crippen LogP contribution in [0.2, 0.25) is 0 Å². The Balaban J connectivity index is 2.12. The van der Waals surface area contributed by atoms with E-state index in [4.69, 9.17) is 0 Å². The molecule has 0 spiro atoms. The molecule has 0 unspecified atom stereocenters. The molecule has 1 aliphatic carbocycles. The Morgan fingerprint density at radius 2 is 2.05 bits per heavy atom. The maximum absolute atomic E-state index is 12.1. The molecule has 19 heavy (non-hydrogen) atoms. The van der Waals surface area contributed by atoms with Crippen LogP contribution in [0.4, 0.5) is 0 Å². The summed E-state index contributed by atoms with van der Waals surface area (Å²) in [6.45, 7) is 2.03. The Kier molecular flexibility index (Phi) is 3.27. The van der Waals surface area contributed by atoms with Crippen LogP contribution in [0, 0.1) is 6.92 Å². The monoisotopic (exact) mass is 318 g/mol. The molecule has 2 aromatic rings. The Bertz CT molecular complexity index is 691. The Labute approximate surface area is 120 Å². The van der Waals surface area contributed by atoms with E-state index in [2.05, 4.69) is 25.9 Å². The highest BCUT2D eigenvalue weighted by molar-refractivity contribution is 9.10. The van der Waals surface area contributed by atoms with E-state index in [1.165, 1.54) is 0 Å². The third kappa shape index (κ3) is 2.37. The highest BCUT2D eigenvalue weighted by Crippen LogP contribution is 2.24. The molecule has 1 aromatic carbocycles. The quantitative estimate of drug-likeness (QED) is 0.876. The number of benzene rings is 1. The fraction of sp³-hybridized carbons (Fsp3) is 0.333. The smallest absolute Gasteiger partial charge is 0.254 e. The van der Waals surface area contributed by atoms with Gasteiger partial charge < -0.3 is 4.98 Å². The standard InChI is InChI=1S/C15H15BrN2O/c1-9-8-10(6-7-12(9)16)14-17-13-5-3-2-4-11(13)15(19)18-14/h6-8H,2-5H2,1H3,(H,17,18,19). The van der Waals surface area contributed by atoms with E-state index in [0.29, 0.717) is 5.82 Å². The molecule has 3 rings (SSSR count). The van der Waals surface area contributed by atoms with Crippen LogP contribution in [0.25, 0.3) is 11.4 Å². The van der Waals surface area contributed by atoms with Crippen LogP contribution in [0.3, 0.4) is 0 Å². The van der Waals surface area contributed by atoms with Crippen LogP contribution in [-0.4, -0.2) is 9.97 Å². The number of nitrogens with one attached hydrogen (secondary N) is 1. The lowest BCUT2D eigenvalue weighted by molar-refractivity contribution is 0.657. The molecule has 1 aliphatic rings. The highest BCUT2D eigenvalue weighted by Gasteiger charge is 2.16. The van der Waals surface area contributed by atoms with Gasteiger partial charge >= 0.3 is 0 Å². The van der Waals surface area contributed by atoms with E-state index < -0.39 is 0 Å². The SMILES string of the molecule is Cc1cc(-c2nc3c(c(=O)[nH]2)CCCC3)ccc1Br. The van der Waals surface area contributed by atoms with Gasteiger partial charge in [-0.3, -0.25) is 4.79 Å². The van der Waals surface area contributed by atoms with Crippen LogP contribution >= 0.6 is 15.9 Å². The van der Waals surface area contributed by atoms with Crippen LogP contribution in [0.1, 0.15) is 29.7 Å². The summed E-state index contributed by atoms with van der Waals surface area (Å²) in [6, 6.07) is 6.01. The molecule has 1 N–H and O–H groups in total. The maximum Gasteiger partial charge on any atom is 0.254 e. The molecule has 4 heteroatoms. The average Bonchev–Trinajstić information content (AvgIpc) is 2.42. The molecule has 0 amide bonds. The summed E-state index contributed by atoms with van der Waals surface area (Å²) in [7, 11) is 0. The van der Waals surface area contributed by atoms with Gasteiger partial charge in [-0.25, -0.2) is 4.98 Å². The number of fused-ring (bicyclic) bond motifs is 1. The second kappa shape index (κ2) is 4.93. The van der Waals surface area contributed by atoms with Crippen LogP contribution in [-0.2, 0) is 12.8 Å². The van der Waals surface area contributed by atoms with E-state index in [1.807, 2.05) is 25.1 Å². The van der Waals surface area contributed by atoms with Crippen molar-refractivity contribution in [2.75, 3.05) is 0 Å². The summed E-state index contributed by atoms with van der Waals surface area (Å²) in [5.74, 6) is 0.682. The first-order valence-corrected chi connectivity index (χ1v) is 7.33. The van der Waals surface area contributed by atoms with E-state index in [0.717, 1.165) is 52.5 Å². The minimum Gasteiger partial charge on any atom is -0.306 e. The molecule has 1 aromatic heterocycles. The molecule has 0 saturated heterocycles. The number of nitrogens with zero attached hydrogens (tertiary/aromatic N) is 1. The lowest BCUT2D eigenvalue weighted by Crippen LogP contribution is -2.21. The Hall–Kier alpha value is -1.42. The number of aromatic amines is 1. The summed E-state index contributed by atoms with van der Waals surface area (Å²) in [6.07, 6.45) is 4.00. The summed E-state index contributed by atoms with van der Waals surface area (Å²) in [4.78, 5) is 19.7. The molecular formula is C15H15BrN2O. The van der Waals surface area contributed by atoms with Gasteiger partial charge in [0.05, 0.1) is 5.69 Å². The van der Waals surface area contributed by atoms with Gasteiger partial charge in [0.25, 0.3) is 5.56 Å². The maximum atomic E-state index is 12.1. The molecule has 98 valence electrons. The first kappa shape index (κ1) is 12.6. The number of aryl methyl sites for hydroxylation is 2. The van der Waals surface area contributed by atoms with Gasteiger partial charge in [0, 0.05) is 15.6 Å². The van der Waals surface area contributed by atoms with Crippen molar-refractivity contribution in [1.82, 2.24) is 9.97 Å². The van der Waals surface area contributed by atoms with E-state index in [1.54, 1.807) is 0 Å². The zero-order valence-corrected chi connectivity index (χ0v) is 12.4. The van der Waals surface area contributed by atoms with Crippen molar-refractivity contribution in [2.45, 2.75) is 32.6 Å². The summed E-state index contributed by atoms with van der Waals surface area (Å²) in [5.41, 5.74) is 3.98. The molecule has 1 heterocycles. The number of aromatic nitrogens is 2. The topological polar surface area (TPSA) is 45.8 Å². The van der Waals surface area contributed by atoms with Crippen LogP contribution in [0.5, 0.6) is 0 Å². The van der Waals surface area contributed by atoms with Gasteiger partial charge in [-0.2, -0.15) is 0 Å². The largest absolute Gasteiger partial charge is 0.306 e. The molecule has 0 bridgehead atoms. The lowest BCUT2D eigenvalue weighted by Gasteiger charge is -2.14. The van der Waals surface area contributed by atoms with Crippen LogP contribution in [0.15, 0.2) is 27.5 Å². The lowest BCUT2D eigenvalue weighted by atomic mass is 9.97. The Morgan fingerprint density at radius 3 is 2.84 bits per heavy atom. The van der Waals surface area contributed by atoms with E-state index >= 15 is 0 Å². The second-order valence-corrected chi connectivity index (χ2v) is 5.87. The van der Waals surface area contributed by atoms with Gasteiger partial charge in [-0.05, 0) is 50.3 Å². The second-order valence-electron chi connectivity index (χ2n) is 5.01. The minimum absolute atomic E-state index is 0.0280. The summed E-state index contributed by atoms with van der Waals surface area (Å²) < 4.78 is 1.07. The normalized spacial score (nSPS) is 14.2. The third-order valence-corrected chi connectivity index (χ3v) is 4.51. The fourth-order valence-corrected chi connectivity index (χ4v) is 2.78. The van der Waals surface area contributed by atoms with Gasteiger partial charge in [0.15, 0.2) is 0 Å². The van der Waals surface area contributed by atoms with Gasteiger partial charge in [0.1, 0.15) is 5.82 Å². The van der Waals surface area contributed by atoms with Crippen molar-refractivity contribution in [3.8, 4) is 11.4 Å². The zero-order valence-electron chi connectivity index (χ0n) is 10.8. The number of halogens is 1. The molecule has 0 fully saturated rings. The molecule has 0 radical (unpaired) electrons. The minimum atomic E-state index is 0.0280. The van der Waals surface area contributed by atoms with Gasteiger partial charge in [0.2, 0.25) is 0 Å². The molecule has 0 saturated carbocycles. The average molecular weight is 319 g/mol. The zero-order chi connectivity index (χ0) is 13.4. The number of hydrogen-bond acceptors (Lipinski definition) is 2. The molecule has 0 atom stereocenters. The van der Waals surface area contributed by atoms with E-state index in [-0.39, 0.29) is 5.56 Å². The first-order chi connectivity index (χ1) is 9.15. The van der Waals surface area contributed by atoms with Crippen molar-refractivity contribution in [1.29, 1.82) is 0 Å². The van der Waals surface area contributed by atoms with Crippen molar-refractivity contribution in [2.24, 2.45) is 0 Å². The highest BCUT2D eigenvalue weighted by atomic mass is 79.9. The molecule has 0 aliphatic heterocycles. The van der Waals surface area contributed by atoms with Crippen molar-refractivity contribution in [3.05, 3.63) is 49.8 Å². The van der Waals surface area contributed by atoms with Gasteiger partial charge in [-0.15, -0.1) is 0 Å². The van der Waals surface area contributed by atoms with E-state index in [9.17, 15) is 4.79 Å². The predicted molar refractivity (Wildman–Crippen MR) is 79.4 cm³/mol. The fourth-order valence-electron chi connectivity index (χ4n) is 2.53. The van der Waals surface area contributed by atoms with Crippen molar-refractivity contribution < 1.29 is 0 Å². The number of H-pyrrole nitrogens is 1. The number of rotatable bonds is 1. The van der Waals surface area contributed by atoms with Crippen LogP contribution < -0.4 is 5.56 Å². The summed E-state index contributed by atoms with van der Waals surface area (Å²) in [5, 5.41) is 0. The molecular weight excluding hydrogens is 304 g/mol. The van der Waals surface area contributed by atoms with Crippen molar-refractivity contribution >= 4 is 15.9 Å². The summed E-state index contributed by atoms with van der Waals surface area (Å²) >= 11 is 3.48. The first-order valence-electron chi connectivity index (χ1n) is 6.54. The Morgan fingerprint density at radius 1 is 1.26 bits per heavy atom. The van der Waals surface area contributed by atoms with Crippen molar-refractivity contribution in [3.63, 3.8) is 0 Å². The third-order valence-electron chi connectivity index (χ3n) is 3.62. The predicted octanol–water partition coefficient (Wildman–Crippen LogP) is 3.39. The number of hydrogen-bond donors (Lipinski definition) is 1. The molecule has 3 nitrogen and oxygen atoms in total.